The molecule has 0 saturated heterocycles. The van der Waals surface area contributed by atoms with E-state index in [-0.39, 0.29) is 30.4 Å². The summed E-state index contributed by atoms with van der Waals surface area (Å²) in [5, 5.41) is 4.02. The Hall–Kier alpha value is -3.56. The molecule has 3 rings (SSSR count). The molecule has 0 aliphatic heterocycles. The zero-order valence-electron chi connectivity index (χ0n) is 15.3. The number of carbonyl (C=O) groups excluding carboxylic acids is 2. The van der Waals surface area contributed by atoms with Crippen molar-refractivity contribution in [2.45, 2.75) is 12.7 Å². The number of aromatic nitrogens is 2. The fourth-order valence-corrected chi connectivity index (χ4v) is 2.67. The zero-order valence-corrected chi connectivity index (χ0v) is 15.3. The Morgan fingerprint density at radius 2 is 1.90 bits per heavy atom. The second kappa shape index (κ2) is 7.82. The number of likely N-dealkylation sites (N-methyl/N-ethyl adjacent to an activating group) is 1. The third kappa shape index (κ3) is 4.65. The molecule has 0 aliphatic carbocycles. The highest BCUT2D eigenvalue weighted by atomic mass is 19.4. The van der Waals surface area contributed by atoms with Crippen LogP contribution in [-0.2, 0) is 17.5 Å². The first-order valence-corrected chi connectivity index (χ1v) is 8.45. The Balaban J connectivity index is 1.61. The maximum atomic E-state index is 12.6. The van der Waals surface area contributed by atoms with E-state index in [0.29, 0.717) is 5.52 Å². The number of nitrogens with two attached hydrogens (primary N) is 1. The van der Waals surface area contributed by atoms with E-state index in [9.17, 15) is 22.8 Å². The molecule has 0 atom stereocenters. The van der Waals surface area contributed by atoms with Crippen molar-refractivity contribution in [2.24, 2.45) is 5.73 Å². The number of hydrogen-bond donors (Lipinski definition) is 1. The third-order valence-electron chi connectivity index (χ3n) is 4.24. The summed E-state index contributed by atoms with van der Waals surface area (Å²) in [6.45, 7) is -0.0988. The molecule has 2 heterocycles. The average Bonchev–Trinajstić information content (AvgIpc) is 3.09. The van der Waals surface area contributed by atoms with Crippen LogP contribution in [-0.4, -0.2) is 40.0 Å². The molecule has 2 N–H and O–H groups in total. The van der Waals surface area contributed by atoms with Crippen LogP contribution in [0.5, 0.6) is 5.75 Å². The molecule has 0 radical (unpaired) electrons. The van der Waals surface area contributed by atoms with Crippen molar-refractivity contribution in [3.05, 3.63) is 65.5 Å². The van der Waals surface area contributed by atoms with Crippen molar-refractivity contribution in [2.75, 3.05) is 13.7 Å². The van der Waals surface area contributed by atoms with Gasteiger partial charge >= 0.3 is 6.18 Å². The predicted molar refractivity (Wildman–Crippen MR) is 97.1 cm³/mol. The lowest BCUT2D eigenvalue weighted by molar-refractivity contribution is -0.137. The summed E-state index contributed by atoms with van der Waals surface area (Å²) >= 11 is 0. The van der Waals surface area contributed by atoms with Crippen LogP contribution >= 0.6 is 0 Å². The lowest BCUT2D eigenvalue weighted by atomic mass is 10.2. The van der Waals surface area contributed by atoms with Gasteiger partial charge in [0.2, 0.25) is 0 Å². The van der Waals surface area contributed by atoms with Gasteiger partial charge in [-0.05, 0) is 42.0 Å². The van der Waals surface area contributed by atoms with E-state index in [2.05, 4.69) is 5.10 Å². The molecular formula is C19H17F3N4O3. The number of nitrogens with zero attached hydrogens (tertiary/aromatic N) is 3. The summed E-state index contributed by atoms with van der Waals surface area (Å²) in [7, 11) is 1.56. The standard InChI is InChI=1S/C19H17F3N4O3/c1-25(10-12-6-7-26-16(8-12)15(9-24-26)18(23)28)17(27)11-29-14-4-2-13(3-5-14)19(20,21)22/h2-9H,10-11H2,1H3,(H2,23,28). The zero-order chi connectivity index (χ0) is 21.2. The third-order valence-corrected chi connectivity index (χ3v) is 4.24. The first-order chi connectivity index (χ1) is 13.6. The van der Waals surface area contributed by atoms with E-state index in [1.54, 1.807) is 25.4 Å². The lowest BCUT2D eigenvalue weighted by Crippen LogP contribution is -2.31. The number of ether oxygens (including phenoxy) is 1. The number of primary amides is 1. The van der Waals surface area contributed by atoms with Gasteiger partial charge in [-0.2, -0.15) is 18.3 Å². The number of hydrogen-bond acceptors (Lipinski definition) is 4. The minimum absolute atomic E-state index is 0.159. The van der Waals surface area contributed by atoms with Gasteiger partial charge in [0.1, 0.15) is 5.75 Å². The molecule has 10 heteroatoms. The average molecular weight is 406 g/mol. The summed E-state index contributed by atoms with van der Waals surface area (Å²) in [5.41, 5.74) is 6.06. The molecule has 0 fully saturated rings. The molecule has 152 valence electrons. The highest BCUT2D eigenvalue weighted by Crippen LogP contribution is 2.30. The van der Waals surface area contributed by atoms with Crippen LogP contribution in [0.1, 0.15) is 21.5 Å². The van der Waals surface area contributed by atoms with Gasteiger partial charge in [-0.1, -0.05) is 0 Å². The normalized spacial score (nSPS) is 11.4. The summed E-state index contributed by atoms with van der Waals surface area (Å²) in [5.74, 6) is -0.813. The second-order valence-corrected chi connectivity index (χ2v) is 6.35. The lowest BCUT2D eigenvalue weighted by Gasteiger charge is -2.18. The SMILES string of the molecule is CN(Cc1ccn2ncc(C(N)=O)c2c1)C(=O)COc1ccc(C(F)(F)F)cc1. The van der Waals surface area contributed by atoms with E-state index >= 15 is 0 Å². The maximum absolute atomic E-state index is 12.6. The number of fused-ring (bicyclic) bond motifs is 1. The van der Waals surface area contributed by atoms with Crippen LogP contribution in [0.3, 0.4) is 0 Å². The minimum Gasteiger partial charge on any atom is -0.484 e. The van der Waals surface area contributed by atoms with Gasteiger partial charge in [-0.25, -0.2) is 4.52 Å². The minimum atomic E-state index is -4.43. The number of pyridine rings is 1. The topological polar surface area (TPSA) is 89.9 Å². The van der Waals surface area contributed by atoms with Crippen molar-refractivity contribution in [1.82, 2.24) is 14.5 Å². The maximum Gasteiger partial charge on any atom is 0.416 e. The Labute approximate surface area is 163 Å². The number of alkyl halides is 3. The molecule has 0 aliphatic rings. The second-order valence-electron chi connectivity index (χ2n) is 6.35. The quantitative estimate of drug-likeness (QED) is 0.681. The van der Waals surface area contributed by atoms with E-state index < -0.39 is 17.6 Å². The molecule has 0 unspecified atom stereocenters. The first-order valence-electron chi connectivity index (χ1n) is 8.45. The van der Waals surface area contributed by atoms with Gasteiger partial charge in [-0.3, -0.25) is 9.59 Å². The van der Waals surface area contributed by atoms with Crippen molar-refractivity contribution < 1.29 is 27.5 Å². The fourth-order valence-electron chi connectivity index (χ4n) is 2.67. The van der Waals surface area contributed by atoms with Gasteiger partial charge < -0.3 is 15.4 Å². The van der Waals surface area contributed by atoms with E-state index in [4.69, 9.17) is 10.5 Å². The monoisotopic (exact) mass is 406 g/mol. The number of halogens is 3. The van der Waals surface area contributed by atoms with Gasteiger partial charge in [-0.15, -0.1) is 0 Å². The summed E-state index contributed by atoms with van der Waals surface area (Å²) in [6.07, 6.45) is -1.41. The molecule has 3 aromatic rings. The molecule has 0 spiro atoms. The molecule has 2 amide bonds. The fraction of sp³-hybridized carbons (Fsp3) is 0.211. The van der Waals surface area contributed by atoms with Crippen molar-refractivity contribution in [3.8, 4) is 5.75 Å². The van der Waals surface area contributed by atoms with Crippen LogP contribution in [0.4, 0.5) is 13.2 Å². The summed E-state index contributed by atoms with van der Waals surface area (Å²) < 4.78 is 44.4. The molecule has 7 nitrogen and oxygen atoms in total. The number of amides is 2. The highest BCUT2D eigenvalue weighted by Gasteiger charge is 2.30. The highest BCUT2D eigenvalue weighted by molar-refractivity contribution is 5.99. The van der Waals surface area contributed by atoms with Gasteiger partial charge in [0.25, 0.3) is 11.8 Å². The van der Waals surface area contributed by atoms with Crippen molar-refractivity contribution in [3.63, 3.8) is 0 Å². The first kappa shape index (κ1) is 20.2. The van der Waals surface area contributed by atoms with Gasteiger partial charge in [0, 0.05) is 19.8 Å². The van der Waals surface area contributed by atoms with Crippen LogP contribution in [0.15, 0.2) is 48.8 Å². The Bertz CT molecular complexity index is 1050. The Morgan fingerprint density at radius 3 is 2.52 bits per heavy atom. The van der Waals surface area contributed by atoms with Crippen molar-refractivity contribution in [1.29, 1.82) is 0 Å². The molecule has 2 aromatic heterocycles. The Kier molecular flexibility index (Phi) is 5.44. The Morgan fingerprint density at radius 1 is 1.21 bits per heavy atom. The van der Waals surface area contributed by atoms with Crippen LogP contribution < -0.4 is 10.5 Å². The largest absolute Gasteiger partial charge is 0.484 e. The number of carbonyl (C=O) groups is 2. The van der Waals surface area contributed by atoms with E-state index in [0.717, 1.165) is 29.8 Å². The number of benzene rings is 1. The van der Waals surface area contributed by atoms with Crippen LogP contribution in [0.25, 0.3) is 5.52 Å². The molecule has 0 saturated carbocycles. The van der Waals surface area contributed by atoms with Gasteiger partial charge in [0.15, 0.2) is 6.61 Å². The van der Waals surface area contributed by atoms with E-state index in [1.807, 2.05) is 0 Å². The molecule has 1 aromatic carbocycles. The summed E-state index contributed by atoms with van der Waals surface area (Å²) in [6, 6.07) is 7.55. The molecule has 0 bridgehead atoms. The van der Waals surface area contributed by atoms with E-state index in [1.165, 1.54) is 15.6 Å². The summed E-state index contributed by atoms with van der Waals surface area (Å²) in [4.78, 5) is 25.1. The van der Waals surface area contributed by atoms with Crippen LogP contribution in [0, 0.1) is 0 Å². The predicted octanol–water partition coefficient (Wildman–Crippen LogP) is 2.49. The molecule has 29 heavy (non-hydrogen) atoms. The van der Waals surface area contributed by atoms with Gasteiger partial charge in [0.05, 0.1) is 22.8 Å². The van der Waals surface area contributed by atoms with Crippen LogP contribution in [0.2, 0.25) is 0 Å². The van der Waals surface area contributed by atoms with Crippen molar-refractivity contribution >= 4 is 17.3 Å². The molecular weight excluding hydrogens is 389 g/mol. The number of rotatable bonds is 6. The smallest absolute Gasteiger partial charge is 0.416 e.